The van der Waals surface area contributed by atoms with Crippen LogP contribution in [0.5, 0.6) is 0 Å². The number of benzene rings is 3. The Morgan fingerprint density at radius 2 is 1.76 bits per heavy atom. The monoisotopic (exact) mass is 532 g/mol. The molecule has 1 aromatic heterocycles. The summed E-state index contributed by atoms with van der Waals surface area (Å²) in [6, 6.07) is 24.1. The molecule has 2 aliphatic rings. The molecule has 0 saturated carbocycles. The van der Waals surface area contributed by atoms with E-state index >= 15 is 0 Å². The summed E-state index contributed by atoms with van der Waals surface area (Å²) in [5.41, 5.74) is 6.58. The predicted octanol–water partition coefficient (Wildman–Crippen LogP) is 5.73. The smallest absolute Gasteiger partial charge is 0.271 e. The summed E-state index contributed by atoms with van der Waals surface area (Å²) in [5, 5.41) is 0.626. The third-order valence-corrected chi connectivity index (χ3v) is 8.11. The molecular formula is C27H18BrClN2OS. The van der Waals surface area contributed by atoms with E-state index in [1.807, 2.05) is 47.0 Å². The molecule has 0 bridgehead atoms. The van der Waals surface area contributed by atoms with Crippen LogP contribution in [0.15, 0.2) is 92.6 Å². The van der Waals surface area contributed by atoms with Crippen molar-refractivity contribution in [2.24, 2.45) is 4.99 Å². The zero-order valence-corrected chi connectivity index (χ0v) is 20.6. The van der Waals surface area contributed by atoms with Crippen molar-refractivity contribution in [2.75, 3.05) is 0 Å². The number of aryl methyl sites for hydroxylation is 1. The molecule has 0 radical (unpaired) electrons. The molecule has 0 amide bonds. The summed E-state index contributed by atoms with van der Waals surface area (Å²) in [6.45, 7) is 0. The topological polar surface area (TPSA) is 34.4 Å². The van der Waals surface area contributed by atoms with Crippen molar-refractivity contribution in [2.45, 2.75) is 18.9 Å². The molecule has 33 heavy (non-hydrogen) atoms. The van der Waals surface area contributed by atoms with Crippen molar-refractivity contribution in [3.63, 3.8) is 0 Å². The van der Waals surface area contributed by atoms with Crippen LogP contribution in [0, 0.1) is 0 Å². The minimum atomic E-state index is -0.175. The van der Waals surface area contributed by atoms with E-state index < -0.39 is 0 Å². The standard InChI is InChI=1S/C27H18BrClN2OS/c28-19-12-9-17(10-13-19)25-21-14-11-16-5-1-3-7-20(16)24(21)30-27-31(25)26(32)23(33-27)15-18-6-2-4-8-22(18)29/h1-10,12-13,15,25H,11,14H2/b23-15-/t25-/m0/s1. The molecule has 3 aromatic carbocycles. The van der Waals surface area contributed by atoms with Crippen LogP contribution in [-0.2, 0) is 6.42 Å². The predicted molar refractivity (Wildman–Crippen MR) is 138 cm³/mol. The van der Waals surface area contributed by atoms with Gasteiger partial charge in [-0.25, -0.2) is 4.99 Å². The molecule has 0 unspecified atom stereocenters. The van der Waals surface area contributed by atoms with Gasteiger partial charge in [-0.15, -0.1) is 0 Å². The Morgan fingerprint density at radius 3 is 2.58 bits per heavy atom. The summed E-state index contributed by atoms with van der Waals surface area (Å²) in [4.78, 5) is 19.5. The molecule has 0 spiro atoms. The van der Waals surface area contributed by atoms with Gasteiger partial charge in [-0.05, 0) is 59.4 Å². The number of halogens is 2. The zero-order chi connectivity index (χ0) is 22.5. The lowest BCUT2D eigenvalue weighted by atomic mass is 9.83. The van der Waals surface area contributed by atoms with Gasteiger partial charge in [0.15, 0.2) is 4.80 Å². The number of allylic oxidation sites excluding steroid dienone is 1. The Kier molecular flexibility index (Phi) is 5.21. The maximum Gasteiger partial charge on any atom is 0.271 e. The summed E-state index contributed by atoms with van der Waals surface area (Å²) < 4.78 is 3.52. The second-order valence-electron chi connectivity index (χ2n) is 8.19. The number of fused-ring (bicyclic) bond motifs is 3. The van der Waals surface area contributed by atoms with E-state index in [4.69, 9.17) is 16.6 Å². The summed E-state index contributed by atoms with van der Waals surface area (Å²) >= 11 is 11.3. The molecule has 3 nitrogen and oxygen atoms in total. The number of aromatic nitrogens is 1. The van der Waals surface area contributed by atoms with Gasteiger partial charge in [0.1, 0.15) is 0 Å². The maximum atomic E-state index is 13.7. The number of hydrogen-bond acceptors (Lipinski definition) is 3. The van der Waals surface area contributed by atoms with Gasteiger partial charge in [-0.1, -0.05) is 93.5 Å². The highest BCUT2D eigenvalue weighted by molar-refractivity contribution is 9.10. The van der Waals surface area contributed by atoms with Crippen LogP contribution in [0.25, 0.3) is 11.8 Å². The normalized spacial score (nSPS) is 17.3. The van der Waals surface area contributed by atoms with E-state index in [9.17, 15) is 4.79 Å². The SMILES string of the molecule is O=c1/c(=C/c2ccccc2Cl)sc2n1[C@@H](c1ccc(Br)cc1)C1=C(N=2)c2ccccc2CC1. The van der Waals surface area contributed by atoms with Crippen LogP contribution < -0.4 is 14.9 Å². The number of thiazole rings is 1. The molecule has 0 fully saturated rings. The number of hydrogen-bond donors (Lipinski definition) is 0. The Morgan fingerprint density at radius 1 is 1.00 bits per heavy atom. The first-order valence-corrected chi connectivity index (χ1v) is 12.7. The minimum absolute atomic E-state index is 0.0306. The third kappa shape index (κ3) is 3.55. The lowest BCUT2D eigenvalue weighted by Crippen LogP contribution is -2.38. The highest BCUT2D eigenvalue weighted by atomic mass is 79.9. The number of rotatable bonds is 2. The van der Waals surface area contributed by atoms with Crippen LogP contribution in [0.1, 0.15) is 34.7 Å². The minimum Gasteiger partial charge on any atom is -0.272 e. The summed E-state index contributed by atoms with van der Waals surface area (Å²) in [5.74, 6) is 0. The molecule has 6 rings (SSSR count). The van der Waals surface area contributed by atoms with Gasteiger partial charge in [0.05, 0.1) is 16.3 Å². The second kappa shape index (κ2) is 8.24. The Bertz CT molecular complexity index is 1620. The molecule has 4 aromatic rings. The number of nitrogens with zero attached hydrogens (tertiary/aromatic N) is 2. The third-order valence-electron chi connectivity index (χ3n) is 6.25. The summed E-state index contributed by atoms with van der Waals surface area (Å²) in [6.07, 6.45) is 3.70. The zero-order valence-electron chi connectivity index (χ0n) is 17.5. The fourth-order valence-corrected chi connectivity index (χ4v) is 6.15. The van der Waals surface area contributed by atoms with Gasteiger partial charge in [0, 0.05) is 15.1 Å². The van der Waals surface area contributed by atoms with Crippen molar-refractivity contribution in [1.29, 1.82) is 0 Å². The van der Waals surface area contributed by atoms with Gasteiger partial charge < -0.3 is 0 Å². The first-order chi connectivity index (χ1) is 16.1. The largest absolute Gasteiger partial charge is 0.272 e. The van der Waals surface area contributed by atoms with E-state index in [0.29, 0.717) is 9.55 Å². The Labute approximate surface area is 208 Å². The van der Waals surface area contributed by atoms with Gasteiger partial charge >= 0.3 is 0 Å². The molecule has 0 saturated heterocycles. The average molecular weight is 534 g/mol. The van der Waals surface area contributed by atoms with Gasteiger partial charge in [-0.3, -0.25) is 9.36 Å². The molecule has 0 N–H and O–H groups in total. The average Bonchev–Trinajstić information content (AvgIpc) is 3.14. The van der Waals surface area contributed by atoms with Crippen molar-refractivity contribution in [1.82, 2.24) is 4.57 Å². The fourth-order valence-electron chi connectivity index (χ4n) is 4.70. The van der Waals surface area contributed by atoms with E-state index in [1.54, 1.807) is 0 Å². The Balaban J connectivity index is 1.64. The second-order valence-corrected chi connectivity index (χ2v) is 10.5. The molecule has 1 aliphatic heterocycles. The van der Waals surface area contributed by atoms with E-state index in [1.165, 1.54) is 28.0 Å². The molecule has 2 heterocycles. The quantitative estimate of drug-likeness (QED) is 0.324. The summed E-state index contributed by atoms with van der Waals surface area (Å²) in [7, 11) is 0. The van der Waals surface area contributed by atoms with E-state index in [-0.39, 0.29) is 11.6 Å². The Hall–Kier alpha value is -2.73. The van der Waals surface area contributed by atoms with E-state index in [0.717, 1.165) is 38.9 Å². The highest BCUT2D eigenvalue weighted by Crippen LogP contribution is 2.41. The lowest BCUT2D eigenvalue weighted by Gasteiger charge is -2.30. The molecule has 162 valence electrons. The lowest BCUT2D eigenvalue weighted by molar-refractivity contribution is 0.585. The molecular weight excluding hydrogens is 516 g/mol. The van der Waals surface area contributed by atoms with Gasteiger partial charge in [-0.2, -0.15) is 0 Å². The fraction of sp³-hybridized carbons (Fsp3) is 0.111. The van der Waals surface area contributed by atoms with Crippen molar-refractivity contribution >= 4 is 50.6 Å². The molecule has 6 heteroatoms. The molecule has 1 atom stereocenters. The van der Waals surface area contributed by atoms with Crippen LogP contribution in [-0.4, -0.2) is 4.57 Å². The van der Waals surface area contributed by atoms with Crippen LogP contribution in [0.2, 0.25) is 5.02 Å². The van der Waals surface area contributed by atoms with Gasteiger partial charge in [0.2, 0.25) is 0 Å². The van der Waals surface area contributed by atoms with Crippen LogP contribution >= 0.6 is 38.9 Å². The van der Waals surface area contributed by atoms with Crippen LogP contribution in [0.4, 0.5) is 0 Å². The van der Waals surface area contributed by atoms with Crippen molar-refractivity contribution in [3.8, 4) is 0 Å². The maximum absolute atomic E-state index is 13.7. The van der Waals surface area contributed by atoms with Gasteiger partial charge in [0.25, 0.3) is 5.56 Å². The first-order valence-electron chi connectivity index (χ1n) is 10.7. The first kappa shape index (κ1) is 20.8. The van der Waals surface area contributed by atoms with E-state index in [2.05, 4.69) is 52.3 Å². The molecule has 1 aliphatic carbocycles. The van der Waals surface area contributed by atoms with Crippen molar-refractivity contribution < 1.29 is 0 Å². The highest BCUT2D eigenvalue weighted by Gasteiger charge is 2.32. The van der Waals surface area contributed by atoms with Crippen molar-refractivity contribution in [3.05, 3.63) is 130 Å². The van der Waals surface area contributed by atoms with Crippen LogP contribution in [0.3, 0.4) is 0 Å².